The fraction of sp³-hybridized carbons (Fsp3) is 0.567. The Morgan fingerprint density at radius 1 is 0.443 bits per heavy atom. The summed E-state index contributed by atoms with van der Waals surface area (Å²) in [6.45, 7) is 53.8. The van der Waals surface area contributed by atoms with Crippen molar-refractivity contribution in [1.82, 2.24) is 30.5 Å². The summed E-state index contributed by atoms with van der Waals surface area (Å²) in [7, 11) is -1.00. The fourth-order valence-electron chi connectivity index (χ4n) is 17.4. The standard InChI is InChI=1S/C53H58O6P2.C37H72N8/c1-49(2,39-21-13-9-14-22-39)43-29-31-47(45(33-43)51(5,6)41-25-17-11-18-26-41)58-60-54-35-53(36-55-60)37-56-61(57-38-53)59-48-32-30-44(50(3,4)40-23-15-10-16-24-40)34-46(48)52(7,8)42-27-19-12-20-28-42;1-27-38-30(41-37(13,14)26-32(2,3)4)40-31(39-27)45(29-24-35(9,10)43-36(11,12)25-29)21-19-17-16-18-20-44(15)28-22-33(5,6)42-34(7,8)23-28/h9-34H,35-38H2,1-8H3;28-29,42-43H,16-26H2,1-15H3,(H,38,39,40,41). The molecule has 0 atom stereocenters. The van der Waals surface area contributed by atoms with E-state index in [0.29, 0.717) is 44.5 Å². The van der Waals surface area contributed by atoms with Gasteiger partial charge in [0.05, 0.1) is 31.8 Å². The lowest BCUT2D eigenvalue weighted by atomic mass is 9.73. The first-order chi connectivity index (χ1) is 49.5. The molecule has 576 valence electrons. The summed E-state index contributed by atoms with van der Waals surface area (Å²) in [4.78, 5) is 19.9. The average Bonchev–Trinajstić information content (AvgIpc) is 0.748. The lowest BCUT2D eigenvalue weighted by Crippen LogP contribution is -2.62. The predicted molar refractivity (Wildman–Crippen MR) is 442 cm³/mol. The Morgan fingerprint density at radius 2 is 0.802 bits per heavy atom. The van der Waals surface area contributed by atoms with E-state index in [9.17, 15) is 0 Å². The maximum atomic E-state index is 6.66. The van der Waals surface area contributed by atoms with Crippen LogP contribution in [0.4, 0.5) is 11.9 Å². The van der Waals surface area contributed by atoms with Crippen LogP contribution >= 0.6 is 17.2 Å². The van der Waals surface area contributed by atoms with E-state index in [0.717, 1.165) is 66.6 Å². The third-order valence-electron chi connectivity index (χ3n) is 22.5. The quantitative estimate of drug-likeness (QED) is 0.0370. The first-order valence-electron chi connectivity index (χ1n) is 39.1. The van der Waals surface area contributed by atoms with Crippen LogP contribution < -0.4 is 29.9 Å². The second-order valence-corrected chi connectivity index (χ2v) is 40.2. The Kier molecular flexibility index (Phi) is 25.7. The van der Waals surface area contributed by atoms with Gasteiger partial charge in [0, 0.05) is 79.1 Å². The molecule has 11 rings (SSSR count). The first-order valence-corrected chi connectivity index (χ1v) is 41.3. The Morgan fingerprint density at radius 3 is 1.18 bits per heavy atom. The van der Waals surface area contributed by atoms with Crippen LogP contribution in [0.3, 0.4) is 0 Å². The van der Waals surface area contributed by atoms with E-state index < -0.39 is 22.6 Å². The molecule has 0 aliphatic carbocycles. The van der Waals surface area contributed by atoms with E-state index >= 15 is 0 Å². The van der Waals surface area contributed by atoms with Gasteiger partial charge in [-0.15, -0.1) is 0 Å². The normalized spacial score (nSPS) is 20.9. The molecule has 5 heterocycles. The summed E-state index contributed by atoms with van der Waals surface area (Å²) in [6.07, 6.45) is 10.4. The number of hydrogen-bond acceptors (Lipinski definition) is 14. The number of piperidine rings is 2. The molecule has 0 saturated carbocycles. The van der Waals surface area contributed by atoms with Gasteiger partial charge in [-0.2, -0.15) is 15.0 Å². The lowest BCUT2D eigenvalue weighted by molar-refractivity contribution is -0.0673. The van der Waals surface area contributed by atoms with E-state index in [1.165, 1.54) is 72.0 Å². The van der Waals surface area contributed by atoms with Crippen molar-refractivity contribution < 1.29 is 27.1 Å². The molecule has 4 aliphatic rings. The monoisotopic (exact) mass is 1480 g/mol. The maximum absolute atomic E-state index is 6.66. The number of anilines is 2. The molecule has 1 spiro atoms. The highest BCUT2D eigenvalue weighted by Crippen LogP contribution is 2.56. The molecule has 6 aromatic carbocycles. The van der Waals surface area contributed by atoms with Gasteiger partial charge in [-0.25, -0.2) is 0 Å². The molecular formula is C90H130N8O6P2. The average molecular weight is 1480 g/mol. The number of rotatable bonds is 25. The summed E-state index contributed by atoms with van der Waals surface area (Å²) >= 11 is 0. The van der Waals surface area contributed by atoms with Crippen molar-refractivity contribution in [3.05, 3.63) is 208 Å². The van der Waals surface area contributed by atoms with Crippen molar-refractivity contribution in [2.75, 3.05) is 56.8 Å². The van der Waals surface area contributed by atoms with Crippen molar-refractivity contribution in [1.29, 1.82) is 0 Å². The Hall–Kier alpha value is -5.89. The van der Waals surface area contributed by atoms with Crippen molar-refractivity contribution in [3.8, 4) is 11.5 Å². The van der Waals surface area contributed by atoms with Gasteiger partial charge >= 0.3 is 17.2 Å². The van der Waals surface area contributed by atoms with Crippen LogP contribution in [0.5, 0.6) is 11.5 Å². The van der Waals surface area contributed by atoms with Crippen LogP contribution in [0.1, 0.15) is 254 Å². The summed E-state index contributed by atoms with van der Waals surface area (Å²) in [5.74, 6) is 3.80. The number of nitrogens with zero attached hydrogens (tertiary/aromatic N) is 5. The molecule has 1 aromatic heterocycles. The SMILES string of the molecule is CC(C)(c1ccccc1)c1ccc(OP2OCC3(CO2)COP(Oc2ccc(C(C)(C)c4ccccc4)cc2C(C)(C)c2ccccc2)OC3)c(C(C)(C)c2ccccc2)c1.Cc1nc(NC(C)(C)CC(C)(C)C)nc(N(CCCCCCN(C)C2CC(C)(C)NC(C)(C)C2)C2CC(C)(C)NC(C)(C)C2)n1. The molecule has 0 bridgehead atoms. The van der Waals surface area contributed by atoms with Gasteiger partial charge in [0.15, 0.2) is 0 Å². The van der Waals surface area contributed by atoms with Crippen LogP contribution in [-0.2, 0) is 39.8 Å². The second kappa shape index (κ2) is 33.0. The number of aryl methyl sites for hydroxylation is 1. The van der Waals surface area contributed by atoms with Gasteiger partial charge in [-0.3, -0.25) is 0 Å². The Balaban J connectivity index is 0.000000239. The molecule has 0 radical (unpaired) electrons. The zero-order chi connectivity index (χ0) is 76.9. The first kappa shape index (κ1) is 82.6. The molecule has 0 unspecified atom stereocenters. The van der Waals surface area contributed by atoms with Crippen LogP contribution in [-0.4, -0.2) is 106 Å². The van der Waals surface area contributed by atoms with Gasteiger partial charge in [-0.05, 0) is 186 Å². The summed E-state index contributed by atoms with van der Waals surface area (Å²) < 4.78 is 38.9. The topological polar surface area (TPSA) is 137 Å². The van der Waals surface area contributed by atoms with Gasteiger partial charge in [0.1, 0.15) is 17.3 Å². The van der Waals surface area contributed by atoms with Gasteiger partial charge < -0.3 is 52.9 Å². The van der Waals surface area contributed by atoms with Crippen molar-refractivity contribution in [3.63, 3.8) is 0 Å². The van der Waals surface area contributed by atoms with Gasteiger partial charge in [0.25, 0.3) is 0 Å². The van der Waals surface area contributed by atoms with Crippen LogP contribution in [0, 0.1) is 17.8 Å². The highest BCUT2D eigenvalue weighted by atomic mass is 31.2. The van der Waals surface area contributed by atoms with Crippen molar-refractivity contribution in [2.45, 2.75) is 272 Å². The highest BCUT2D eigenvalue weighted by Gasteiger charge is 2.47. The number of nitrogens with one attached hydrogen (secondary N) is 3. The summed E-state index contributed by atoms with van der Waals surface area (Å²) in [6, 6.07) is 56.6. The number of aromatic nitrogens is 3. The third kappa shape index (κ3) is 21.4. The van der Waals surface area contributed by atoms with Gasteiger partial charge in [0.2, 0.25) is 11.9 Å². The molecule has 106 heavy (non-hydrogen) atoms. The zero-order valence-electron chi connectivity index (χ0n) is 68.9. The minimum atomic E-state index is -1.67. The van der Waals surface area contributed by atoms with E-state index in [4.69, 9.17) is 42.1 Å². The molecule has 14 nitrogen and oxygen atoms in total. The zero-order valence-corrected chi connectivity index (χ0v) is 70.6. The lowest BCUT2D eigenvalue weighted by Gasteiger charge is -2.49. The van der Waals surface area contributed by atoms with E-state index in [-0.39, 0.29) is 54.8 Å². The van der Waals surface area contributed by atoms with E-state index in [2.05, 4.69) is 336 Å². The Bertz CT molecular complexity index is 3770. The number of benzene rings is 6. The molecular weight excluding hydrogens is 1350 g/mol. The van der Waals surface area contributed by atoms with Crippen LogP contribution in [0.2, 0.25) is 0 Å². The molecule has 7 aromatic rings. The predicted octanol–water partition coefficient (Wildman–Crippen LogP) is 21.7. The summed E-state index contributed by atoms with van der Waals surface area (Å²) in [5.41, 5.74) is 8.39. The maximum Gasteiger partial charge on any atom is 0.397 e. The van der Waals surface area contributed by atoms with Crippen LogP contribution in [0.25, 0.3) is 0 Å². The second-order valence-electron chi connectivity index (χ2n) is 37.9. The minimum absolute atomic E-state index is 0.0465. The summed E-state index contributed by atoms with van der Waals surface area (Å²) in [5, 5.41) is 11.4. The molecule has 16 heteroatoms. The number of unbranched alkanes of at least 4 members (excludes halogenated alkanes) is 3. The molecule has 4 saturated heterocycles. The number of hydrogen-bond donors (Lipinski definition) is 3. The fourth-order valence-corrected chi connectivity index (χ4v) is 19.9. The molecule has 3 N–H and O–H groups in total. The smallest absolute Gasteiger partial charge is 0.397 e. The Labute approximate surface area is 641 Å². The van der Waals surface area contributed by atoms with E-state index in [1.54, 1.807) is 0 Å². The van der Waals surface area contributed by atoms with E-state index in [1.807, 2.05) is 6.92 Å². The minimum Gasteiger partial charge on any atom is -0.426 e. The third-order valence-corrected chi connectivity index (χ3v) is 24.5. The van der Waals surface area contributed by atoms with Crippen LogP contribution in [0.15, 0.2) is 158 Å². The molecule has 4 fully saturated rings. The largest absolute Gasteiger partial charge is 0.426 e. The van der Waals surface area contributed by atoms with Crippen molar-refractivity contribution in [2.24, 2.45) is 10.8 Å². The molecule has 4 aliphatic heterocycles. The van der Waals surface area contributed by atoms with Gasteiger partial charge in [-0.1, -0.05) is 235 Å². The molecule has 0 amide bonds. The van der Waals surface area contributed by atoms with Crippen molar-refractivity contribution >= 4 is 29.1 Å². The highest BCUT2D eigenvalue weighted by molar-refractivity contribution is 7.42.